The second-order valence-electron chi connectivity index (χ2n) is 14.1. The van der Waals surface area contributed by atoms with Crippen molar-refractivity contribution in [3.63, 3.8) is 0 Å². The molecular weight excluding hydrogens is 661 g/mol. The molecule has 0 spiro atoms. The number of fused-ring (bicyclic) bond motifs is 13. The fourth-order valence-electron chi connectivity index (χ4n) is 8.77. The van der Waals surface area contributed by atoms with Crippen LogP contribution in [0.5, 0.6) is 0 Å². The molecule has 0 N–H and O–H groups in total. The second kappa shape index (κ2) is 11.1. The highest BCUT2D eigenvalue weighted by molar-refractivity contribution is 6.29. The van der Waals surface area contributed by atoms with Crippen LogP contribution in [0.15, 0.2) is 191 Å². The summed E-state index contributed by atoms with van der Waals surface area (Å²) in [6.07, 6.45) is 0. The first-order valence-corrected chi connectivity index (χ1v) is 18.3. The molecule has 252 valence electrons. The van der Waals surface area contributed by atoms with Crippen molar-refractivity contribution in [2.75, 3.05) is 4.90 Å². The molecule has 0 aliphatic rings. The lowest BCUT2D eigenvalue weighted by molar-refractivity contribution is 0.667. The first-order valence-electron chi connectivity index (χ1n) is 18.3. The van der Waals surface area contributed by atoms with Gasteiger partial charge in [-0.3, -0.25) is 0 Å². The first kappa shape index (κ1) is 29.3. The summed E-state index contributed by atoms with van der Waals surface area (Å²) in [6, 6.07) is 64.8. The molecule has 12 rings (SSSR count). The van der Waals surface area contributed by atoms with E-state index in [0.717, 1.165) is 77.5 Å². The first-order chi connectivity index (χ1) is 26.8. The van der Waals surface area contributed by atoms with Gasteiger partial charge in [-0.05, 0) is 88.3 Å². The molecule has 3 aromatic heterocycles. The number of para-hydroxylation sites is 3. The molecule has 0 fully saturated rings. The summed E-state index contributed by atoms with van der Waals surface area (Å²) in [7, 11) is 0. The molecule has 54 heavy (non-hydrogen) atoms. The Bertz CT molecular complexity index is 3460. The molecule has 4 nitrogen and oxygen atoms in total. The zero-order valence-electron chi connectivity index (χ0n) is 29.0. The van der Waals surface area contributed by atoms with Crippen LogP contribution < -0.4 is 4.90 Å². The van der Waals surface area contributed by atoms with Crippen molar-refractivity contribution >= 4 is 104 Å². The predicted octanol–water partition coefficient (Wildman–Crippen LogP) is 14.4. The van der Waals surface area contributed by atoms with Gasteiger partial charge in [-0.1, -0.05) is 109 Å². The van der Waals surface area contributed by atoms with Gasteiger partial charge in [0.1, 0.15) is 16.7 Å². The van der Waals surface area contributed by atoms with E-state index in [1.54, 1.807) is 0 Å². The highest BCUT2D eigenvalue weighted by Gasteiger charge is 2.25. The zero-order valence-corrected chi connectivity index (χ0v) is 29.0. The standard InChI is InChI=1S/C50H30N2O2/c1-2-14-33(15-3-1)52-42-20-10-8-18-38(42)41-29-34(24-26-43(41)52)51(35-23-25-40-39-19-9-11-21-45(39)53-47(40)30-35)44-28-32-13-5-7-17-37(32)49-48-36-16-6-4-12-31(36)22-27-46(48)54-50(44)49/h1-30H. The molecule has 0 saturated heterocycles. The Labute approximate surface area is 309 Å². The van der Waals surface area contributed by atoms with Crippen LogP contribution in [0.3, 0.4) is 0 Å². The number of furan rings is 2. The molecule has 0 aliphatic heterocycles. The number of hydrogen-bond donors (Lipinski definition) is 0. The summed E-state index contributed by atoms with van der Waals surface area (Å²) < 4.78 is 15.9. The lowest BCUT2D eigenvalue weighted by Gasteiger charge is -2.26. The Balaban J connectivity index is 1.20. The molecule has 0 aliphatic carbocycles. The summed E-state index contributed by atoms with van der Waals surface area (Å²) in [4.78, 5) is 2.35. The third kappa shape index (κ3) is 4.13. The summed E-state index contributed by atoms with van der Waals surface area (Å²) in [5.41, 5.74) is 9.86. The van der Waals surface area contributed by atoms with Gasteiger partial charge in [-0.15, -0.1) is 0 Å². The topological polar surface area (TPSA) is 34.5 Å². The van der Waals surface area contributed by atoms with Gasteiger partial charge in [0, 0.05) is 49.8 Å². The molecule has 9 aromatic carbocycles. The van der Waals surface area contributed by atoms with Gasteiger partial charge < -0.3 is 18.3 Å². The van der Waals surface area contributed by atoms with Crippen LogP contribution in [0.4, 0.5) is 17.1 Å². The van der Waals surface area contributed by atoms with Crippen molar-refractivity contribution < 1.29 is 8.83 Å². The Hall–Kier alpha value is -7.30. The molecule has 0 saturated carbocycles. The Morgan fingerprint density at radius 1 is 0.370 bits per heavy atom. The van der Waals surface area contributed by atoms with Crippen LogP contribution in [0, 0.1) is 0 Å². The van der Waals surface area contributed by atoms with Gasteiger partial charge in [0.05, 0.1) is 22.4 Å². The van der Waals surface area contributed by atoms with Crippen LogP contribution in [-0.2, 0) is 0 Å². The summed E-state index contributed by atoms with van der Waals surface area (Å²) in [5.74, 6) is 0. The van der Waals surface area contributed by atoms with Crippen LogP contribution in [0.2, 0.25) is 0 Å². The maximum absolute atomic E-state index is 7.01. The number of benzene rings is 9. The minimum atomic E-state index is 0.841. The van der Waals surface area contributed by atoms with E-state index in [2.05, 4.69) is 179 Å². The molecule has 4 heteroatoms. The van der Waals surface area contributed by atoms with Crippen molar-refractivity contribution in [2.45, 2.75) is 0 Å². The third-order valence-electron chi connectivity index (χ3n) is 11.1. The number of hydrogen-bond acceptors (Lipinski definition) is 3. The molecule has 0 radical (unpaired) electrons. The minimum absolute atomic E-state index is 0.841. The zero-order chi connectivity index (χ0) is 35.3. The maximum Gasteiger partial charge on any atom is 0.160 e. The fraction of sp³-hybridized carbons (Fsp3) is 0. The van der Waals surface area contributed by atoms with Gasteiger partial charge in [0.2, 0.25) is 0 Å². The van der Waals surface area contributed by atoms with Gasteiger partial charge >= 0.3 is 0 Å². The Kier molecular flexibility index (Phi) is 6.02. The second-order valence-corrected chi connectivity index (χ2v) is 14.1. The average molecular weight is 691 g/mol. The van der Waals surface area contributed by atoms with Gasteiger partial charge in [-0.2, -0.15) is 0 Å². The monoisotopic (exact) mass is 690 g/mol. The normalized spacial score (nSPS) is 12.1. The van der Waals surface area contributed by atoms with E-state index in [-0.39, 0.29) is 0 Å². The molecule has 0 bridgehead atoms. The molecule has 0 amide bonds. The molecule has 3 heterocycles. The lowest BCUT2D eigenvalue weighted by atomic mass is 9.98. The Morgan fingerprint density at radius 3 is 1.89 bits per heavy atom. The van der Waals surface area contributed by atoms with Crippen molar-refractivity contribution in [3.05, 3.63) is 182 Å². The van der Waals surface area contributed by atoms with Crippen molar-refractivity contribution in [3.8, 4) is 5.69 Å². The van der Waals surface area contributed by atoms with E-state index in [1.165, 1.54) is 32.4 Å². The van der Waals surface area contributed by atoms with E-state index >= 15 is 0 Å². The SMILES string of the molecule is c1ccc(-n2c3ccccc3c3cc(N(c4ccc5c(c4)oc4ccccc45)c4cc5ccccc5c5c4oc4ccc6ccccc6c45)ccc32)cc1. The number of aromatic nitrogens is 1. The summed E-state index contributed by atoms with van der Waals surface area (Å²) in [5, 5.41) is 11.5. The van der Waals surface area contributed by atoms with Crippen LogP contribution >= 0.6 is 0 Å². The number of anilines is 3. The summed E-state index contributed by atoms with van der Waals surface area (Å²) in [6.45, 7) is 0. The van der Waals surface area contributed by atoms with Gasteiger partial charge in [-0.25, -0.2) is 0 Å². The number of nitrogens with zero attached hydrogens (tertiary/aromatic N) is 2. The van der Waals surface area contributed by atoms with Gasteiger partial charge in [0.15, 0.2) is 5.58 Å². The van der Waals surface area contributed by atoms with Crippen LogP contribution in [0.1, 0.15) is 0 Å². The molecule has 12 aromatic rings. The smallest absolute Gasteiger partial charge is 0.160 e. The molecule has 0 atom stereocenters. The Morgan fingerprint density at radius 2 is 1.02 bits per heavy atom. The lowest BCUT2D eigenvalue weighted by Crippen LogP contribution is -2.10. The summed E-state index contributed by atoms with van der Waals surface area (Å²) >= 11 is 0. The van der Waals surface area contributed by atoms with E-state index in [1.807, 2.05) is 12.1 Å². The minimum Gasteiger partial charge on any atom is -0.456 e. The van der Waals surface area contributed by atoms with E-state index in [4.69, 9.17) is 8.83 Å². The number of rotatable bonds is 4. The highest BCUT2D eigenvalue weighted by Crippen LogP contribution is 2.48. The largest absolute Gasteiger partial charge is 0.456 e. The fourth-order valence-corrected chi connectivity index (χ4v) is 8.77. The van der Waals surface area contributed by atoms with E-state index in [9.17, 15) is 0 Å². The van der Waals surface area contributed by atoms with Gasteiger partial charge in [0.25, 0.3) is 0 Å². The highest BCUT2D eigenvalue weighted by atomic mass is 16.3. The predicted molar refractivity (Wildman–Crippen MR) is 225 cm³/mol. The van der Waals surface area contributed by atoms with Crippen molar-refractivity contribution in [1.82, 2.24) is 4.57 Å². The molecular formula is C50H30N2O2. The quantitative estimate of drug-likeness (QED) is 0.184. The van der Waals surface area contributed by atoms with Crippen molar-refractivity contribution in [1.29, 1.82) is 0 Å². The van der Waals surface area contributed by atoms with E-state index in [0.29, 0.717) is 0 Å². The van der Waals surface area contributed by atoms with Crippen LogP contribution in [0.25, 0.3) is 92.9 Å². The van der Waals surface area contributed by atoms with Crippen molar-refractivity contribution in [2.24, 2.45) is 0 Å². The van der Waals surface area contributed by atoms with Crippen LogP contribution in [-0.4, -0.2) is 4.57 Å². The maximum atomic E-state index is 7.01. The molecule has 0 unspecified atom stereocenters. The van der Waals surface area contributed by atoms with E-state index < -0.39 is 0 Å². The average Bonchev–Trinajstić information content (AvgIpc) is 3.91. The third-order valence-corrected chi connectivity index (χ3v) is 11.1.